The monoisotopic (exact) mass is 124 g/mol. The number of aliphatic hydroxyl groups excluding tert-OH is 1. The highest BCUT2D eigenvalue weighted by molar-refractivity contribution is 5.23. The van der Waals surface area contributed by atoms with Crippen molar-refractivity contribution in [3.63, 3.8) is 0 Å². The van der Waals surface area contributed by atoms with E-state index in [1.165, 1.54) is 6.08 Å². The summed E-state index contributed by atoms with van der Waals surface area (Å²) in [5.74, 6) is 5.05. The standard InChI is InChI=1S/C6H8N2O/c7-8-5-3-1-2-4-6(5)9/h1,3-4,6,8-9H,7H2. The molecule has 0 bridgehead atoms. The summed E-state index contributed by atoms with van der Waals surface area (Å²) in [5.41, 5.74) is 5.68. The van der Waals surface area contributed by atoms with Crippen molar-refractivity contribution in [3.05, 3.63) is 29.7 Å². The van der Waals surface area contributed by atoms with E-state index >= 15 is 0 Å². The number of rotatable bonds is 1. The molecule has 0 aromatic rings. The molecule has 3 nitrogen and oxygen atoms in total. The maximum Gasteiger partial charge on any atom is 0.120 e. The predicted molar refractivity (Wildman–Crippen MR) is 34.1 cm³/mol. The van der Waals surface area contributed by atoms with Crippen molar-refractivity contribution in [1.82, 2.24) is 5.43 Å². The molecule has 1 unspecified atom stereocenters. The summed E-state index contributed by atoms with van der Waals surface area (Å²) in [6, 6.07) is 0. The molecule has 0 aromatic carbocycles. The second-order valence-corrected chi connectivity index (χ2v) is 1.71. The van der Waals surface area contributed by atoms with Crippen LogP contribution in [0.5, 0.6) is 0 Å². The van der Waals surface area contributed by atoms with E-state index in [2.05, 4.69) is 11.2 Å². The highest BCUT2D eigenvalue weighted by Gasteiger charge is 2.04. The van der Waals surface area contributed by atoms with E-state index in [9.17, 15) is 0 Å². The zero-order valence-corrected chi connectivity index (χ0v) is 4.83. The summed E-state index contributed by atoms with van der Waals surface area (Å²) in [6.07, 6.45) is 4.25. The molecule has 9 heavy (non-hydrogen) atoms. The van der Waals surface area contributed by atoms with E-state index in [0.717, 1.165) is 0 Å². The third kappa shape index (κ3) is 1.21. The van der Waals surface area contributed by atoms with Gasteiger partial charge in [0.2, 0.25) is 0 Å². The first-order chi connectivity index (χ1) is 4.34. The molecule has 0 amide bonds. The van der Waals surface area contributed by atoms with E-state index in [4.69, 9.17) is 10.9 Å². The van der Waals surface area contributed by atoms with E-state index < -0.39 is 6.10 Å². The van der Waals surface area contributed by atoms with E-state index in [-0.39, 0.29) is 0 Å². The van der Waals surface area contributed by atoms with Gasteiger partial charge in [0, 0.05) is 0 Å². The lowest BCUT2D eigenvalue weighted by Crippen LogP contribution is -2.28. The summed E-state index contributed by atoms with van der Waals surface area (Å²) in [5, 5.41) is 9.02. The van der Waals surface area contributed by atoms with Crippen LogP contribution in [0.4, 0.5) is 0 Å². The Morgan fingerprint density at radius 3 is 3.00 bits per heavy atom. The Labute approximate surface area is 53.1 Å². The number of nitrogens with one attached hydrogen (secondary N) is 1. The van der Waals surface area contributed by atoms with Crippen LogP contribution in [0.1, 0.15) is 0 Å². The molecule has 0 spiro atoms. The van der Waals surface area contributed by atoms with Gasteiger partial charge in [0.25, 0.3) is 0 Å². The average Bonchev–Trinajstić information content (AvgIpc) is 1.89. The fourth-order valence-corrected chi connectivity index (χ4v) is 0.606. The van der Waals surface area contributed by atoms with Gasteiger partial charge in [-0.05, 0) is 18.2 Å². The number of hydrogen-bond donors (Lipinski definition) is 3. The third-order valence-corrected chi connectivity index (χ3v) is 1.10. The van der Waals surface area contributed by atoms with Crippen LogP contribution in [0.3, 0.4) is 0 Å². The highest BCUT2D eigenvalue weighted by atomic mass is 16.3. The molecule has 0 aliphatic heterocycles. The average molecular weight is 124 g/mol. The van der Waals surface area contributed by atoms with Crippen LogP contribution in [-0.4, -0.2) is 11.2 Å². The van der Waals surface area contributed by atoms with Crippen molar-refractivity contribution in [2.24, 2.45) is 5.84 Å². The fraction of sp³-hybridized carbons (Fsp3) is 0.167. The third-order valence-electron chi connectivity index (χ3n) is 1.10. The van der Waals surface area contributed by atoms with Gasteiger partial charge in [0.15, 0.2) is 0 Å². The van der Waals surface area contributed by atoms with Crippen LogP contribution in [0.25, 0.3) is 0 Å². The predicted octanol–water partition coefficient (Wildman–Crippen LogP) is -0.581. The molecule has 1 rings (SSSR count). The summed E-state index contributed by atoms with van der Waals surface area (Å²) in [6.45, 7) is 0. The van der Waals surface area contributed by atoms with Crippen molar-refractivity contribution >= 4 is 0 Å². The first kappa shape index (κ1) is 6.11. The first-order valence-electron chi connectivity index (χ1n) is 2.62. The quantitative estimate of drug-likeness (QED) is 0.249. The van der Waals surface area contributed by atoms with Crippen LogP contribution in [-0.2, 0) is 0 Å². The number of hydrazine groups is 1. The molecule has 0 aromatic heterocycles. The van der Waals surface area contributed by atoms with E-state index in [0.29, 0.717) is 5.70 Å². The van der Waals surface area contributed by atoms with Crippen LogP contribution in [0, 0.1) is 0 Å². The van der Waals surface area contributed by atoms with E-state index in [1.807, 2.05) is 0 Å². The van der Waals surface area contributed by atoms with Crippen molar-refractivity contribution < 1.29 is 5.11 Å². The Bertz CT molecular complexity index is 189. The molecular formula is C6H8N2O. The van der Waals surface area contributed by atoms with Gasteiger partial charge < -0.3 is 10.5 Å². The van der Waals surface area contributed by atoms with Crippen LogP contribution in [0.15, 0.2) is 29.7 Å². The van der Waals surface area contributed by atoms with Crippen molar-refractivity contribution in [2.45, 2.75) is 6.10 Å². The molecule has 0 saturated heterocycles. The van der Waals surface area contributed by atoms with E-state index in [1.54, 1.807) is 12.2 Å². The normalized spacial score (nSPS) is 23.8. The lowest BCUT2D eigenvalue weighted by atomic mass is 10.2. The molecule has 4 N–H and O–H groups in total. The number of aliphatic hydroxyl groups is 1. The Hall–Kier alpha value is -1.02. The van der Waals surface area contributed by atoms with Crippen LogP contribution >= 0.6 is 0 Å². The molecular weight excluding hydrogens is 116 g/mol. The Morgan fingerprint density at radius 2 is 2.56 bits per heavy atom. The second-order valence-electron chi connectivity index (χ2n) is 1.71. The van der Waals surface area contributed by atoms with Gasteiger partial charge in [0.1, 0.15) is 6.10 Å². The largest absolute Gasteiger partial charge is 0.382 e. The summed E-state index contributed by atoms with van der Waals surface area (Å²) >= 11 is 0. The number of nitrogens with two attached hydrogens (primary N) is 1. The van der Waals surface area contributed by atoms with Gasteiger partial charge in [0.05, 0.1) is 5.70 Å². The lowest BCUT2D eigenvalue weighted by molar-refractivity contribution is 0.249. The van der Waals surface area contributed by atoms with Crippen LogP contribution in [0.2, 0.25) is 0 Å². The molecule has 1 aliphatic rings. The van der Waals surface area contributed by atoms with Crippen molar-refractivity contribution in [3.8, 4) is 0 Å². The lowest BCUT2D eigenvalue weighted by Gasteiger charge is -2.09. The molecule has 0 heterocycles. The van der Waals surface area contributed by atoms with Crippen LogP contribution < -0.4 is 11.3 Å². The van der Waals surface area contributed by atoms with Gasteiger partial charge >= 0.3 is 0 Å². The number of hydrogen-bond acceptors (Lipinski definition) is 3. The molecule has 3 heteroatoms. The van der Waals surface area contributed by atoms with Gasteiger partial charge in [-0.1, -0.05) is 0 Å². The number of allylic oxidation sites excluding steroid dienone is 1. The molecule has 0 saturated carbocycles. The minimum atomic E-state index is -0.625. The Morgan fingerprint density at radius 1 is 1.78 bits per heavy atom. The molecule has 0 radical (unpaired) electrons. The molecule has 1 atom stereocenters. The summed E-state index contributed by atoms with van der Waals surface area (Å²) in [7, 11) is 0. The van der Waals surface area contributed by atoms with Crippen molar-refractivity contribution in [1.29, 1.82) is 0 Å². The van der Waals surface area contributed by atoms with Crippen molar-refractivity contribution in [2.75, 3.05) is 0 Å². The minimum Gasteiger partial charge on any atom is -0.382 e. The SMILES string of the molecule is NNC1=CC=C=CC1O. The van der Waals surface area contributed by atoms with Gasteiger partial charge in [-0.15, -0.1) is 5.73 Å². The second kappa shape index (κ2) is 2.51. The molecule has 1 aliphatic carbocycles. The zero-order chi connectivity index (χ0) is 6.69. The molecule has 0 fully saturated rings. The molecule has 48 valence electrons. The smallest absolute Gasteiger partial charge is 0.120 e. The first-order valence-corrected chi connectivity index (χ1v) is 2.62. The summed E-state index contributed by atoms with van der Waals surface area (Å²) < 4.78 is 0. The highest BCUT2D eigenvalue weighted by Crippen LogP contribution is 2.01. The minimum absolute atomic E-state index is 0.591. The summed E-state index contributed by atoms with van der Waals surface area (Å²) in [4.78, 5) is 0. The maximum atomic E-state index is 9.02. The maximum absolute atomic E-state index is 9.02. The zero-order valence-electron chi connectivity index (χ0n) is 4.83. The van der Waals surface area contributed by atoms with Gasteiger partial charge in [-0.3, -0.25) is 5.84 Å². The Balaban J connectivity index is 2.76. The van der Waals surface area contributed by atoms with Gasteiger partial charge in [-0.2, -0.15) is 0 Å². The van der Waals surface area contributed by atoms with Gasteiger partial charge in [-0.25, -0.2) is 0 Å². The Kier molecular flexibility index (Phi) is 1.70. The topological polar surface area (TPSA) is 58.3 Å². The fourth-order valence-electron chi connectivity index (χ4n) is 0.606.